The maximum atomic E-state index is 2.61. The molecule has 0 bridgehead atoms. The van der Waals surface area contributed by atoms with E-state index in [0.29, 0.717) is 0 Å². The summed E-state index contributed by atoms with van der Waals surface area (Å²) in [4.78, 5) is 0. The first-order valence-electron chi connectivity index (χ1n) is 12.3. The molecule has 0 spiro atoms. The van der Waals surface area contributed by atoms with E-state index in [9.17, 15) is 0 Å². The molecule has 0 N–H and O–H groups in total. The second kappa shape index (κ2) is 5.87. The Balaban J connectivity index is 1.46. The van der Waals surface area contributed by atoms with E-state index < -0.39 is 0 Å². The number of nitrogens with zero attached hydrogens (tertiary/aromatic N) is 1. The quantitative estimate of drug-likeness (QED) is 0.231. The molecule has 1 aliphatic heterocycles. The molecule has 1 nitrogen and oxygen atoms in total. The second-order valence-electron chi connectivity index (χ2n) is 10.1. The van der Waals surface area contributed by atoms with Crippen molar-refractivity contribution in [1.29, 1.82) is 0 Å². The van der Waals surface area contributed by atoms with E-state index in [0.717, 1.165) is 19.3 Å². The molecule has 9 rings (SSSR count). The molecule has 34 heavy (non-hydrogen) atoms. The zero-order valence-corrected chi connectivity index (χ0v) is 18.7. The van der Waals surface area contributed by atoms with Crippen molar-refractivity contribution in [3.63, 3.8) is 0 Å². The maximum Gasteiger partial charge on any atom is 0.0579 e. The standard InChI is InChI=1S/C33H21N/c1-3-9-24-20(7-1)18-28-26(24)14-15-29-31(28)27-11-5-8-22-17-23-13-12-21-16-19-6-2-4-10-25(19)30(21)33(23)34(29)32(22)27/h1-15H,16-18H2. The van der Waals surface area contributed by atoms with Gasteiger partial charge in [-0.2, -0.15) is 0 Å². The first-order chi connectivity index (χ1) is 16.9. The Bertz CT molecular complexity index is 1880. The third kappa shape index (κ3) is 1.94. The van der Waals surface area contributed by atoms with Gasteiger partial charge in [0.25, 0.3) is 0 Å². The van der Waals surface area contributed by atoms with Gasteiger partial charge in [0.15, 0.2) is 0 Å². The van der Waals surface area contributed by atoms with Gasteiger partial charge in [0.2, 0.25) is 0 Å². The molecule has 0 saturated carbocycles. The summed E-state index contributed by atoms with van der Waals surface area (Å²) in [5.74, 6) is 0. The number of aromatic nitrogens is 1. The van der Waals surface area contributed by atoms with E-state index in [-0.39, 0.29) is 0 Å². The Labute approximate surface area is 197 Å². The van der Waals surface area contributed by atoms with Gasteiger partial charge >= 0.3 is 0 Å². The third-order valence-corrected chi connectivity index (χ3v) is 8.44. The van der Waals surface area contributed by atoms with Crippen LogP contribution in [0.15, 0.2) is 91.0 Å². The minimum atomic E-state index is 1.00. The van der Waals surface area contributed by atoms with Gasteiger partial charge in [-0.25, -0.2) is 0 Å². The van der Waals surface area contributed by atoms with Crippen LogP contribution in [0.25, 0.3) is 49.7 Å². The Kier molecular flexibility index (Phi) is 3.00. The Morgan fingerprint density at radius 1 is 0.500 bits per heavy atom. The van der Waals surface area contributed by atoms with Crippen LogP contribution >= 0.6 is 0 Å². The zero-order chi connectivity index (χ0) is 22.0. The average Bonchev–Trinajstić information content (AvgIpc) is 3.54. The van der Waals surface area contributed by atoms with Crippen molar-refractivity contribution in [2.75, 3.05) is 0 Å². The minimum absolute atomic E-state index is 1.00. The van der Waals surface area contributed by atoms with Crippen molar-refractivity contribution in [3.05, 3.63) is 124 Å². The van der Waals surface area contributed by atoms with Crippen LogP contribution in [0.2, 0.25) is 0 Å². The molecule has 158 valence electrons. The van der Waals surface area contributed by atoms with Crippen molar-refractivity contribution >= 4 is 21.8 Å². The van der Waals surface area contributed by atoms with E-state index in [2.05, 4.69) is 95.6 Å². The van der Waals surface area contributed by atoms with E-state index >= 15 is 0 Å². The fourth-order valence-electron chi connectivity index (χ4n) is 7.09. The van der Waals surface area contributed by atoms with Crippen molar-refractivity contribution < 1.29 is 0 Å². The van der Waals surface area contributed by atoms with Crippen LogP contribution < -0.4 is 0 Å². The Morgan fingerprint density at radius 3 is 2.15 bits per heavy atom. The predicted molar refractivity (Wildman–Crippen MR) is 140 cm³/mol. The lowest BCUT2D eigenvalue weighted by atomic mass is 9.92. The minimum Gasteiger partial charge on any atom is -0.308 e. The van der Waals surface area contributed by atoms with E-state index in [4.69, 9.17) is 0 Å². The monoisotopic (exact) mass is 431 g/mol. The number of benzene rings is 5. The van der Waals surface area contributed by atoms with Crippen molar-refractivity contribution in [3.8, 4) is 27.9 Å². The lowest BCUT2D eigenvalue weighted by molar-refractivity contribution is 1.04. The molecule has 1 heteroatoms. The van der Waals surface area contributed by atoms with Gasteiger partial charge in [0.1, 0.15) is 0 Å². The maximum absolute atomic E-state index is 2.61. The highest BCUT2D eigenvalue weighted by molar-refractivity contribution is 6.15. The number of hydrogen-bond acceptors (Lipinski definition) is 0. The molecular weight excluding hydrogens is 410 g/mol. The van der Waals surface area contributed by atoms with Crippen LogP contribution in [0.3, 0.4) is 0 Å². The molecule has 0 atom stereocenters. The topological polar surface area (TPSA) is 4.93 Å². The first kappa shape index (κ1) is 17.4. The largest absolute Gasteiger partial charge is 0.308 e. The van der Waals surface area contributed by atoms with Crippen LogP contribution in [-0.2, 0) is 19.3 Å². The van der Waals surface area contributed by atoms with Crippen molar-refractivity contribution in [1.82, 2.24) is 4.57 Å². The summed E-state index contributed by atoms with van der Waals surface area (Å²) in [7, 11) is 0. The summed E-state index contributed by atoms with van der Waals surface area (Å²) in [5.41, 5.74) is 18.6. The number of rotatable bonds is 0. The lowest BCUT2D eigenvalue weighted by Gasteiger charge is -2.24. The first-order valence-corrected chi connectivity index (χ1v) is 12.3. The average molecular weight is 432 g/mol. The van der Waals surface area contributed by atoms with Gasteiger partial charge in [0, 0.05) is 22.8 Å². The summed E-state index contributed by atoms with van der Waals surface area (Å²) in [6.07, 6.45) is 3.06. The van der Waals surface area contributed by atoms with Gasteiger partial charge in [-0.3, -0.25) is 0 Å². The molecule has 2 heterocycles. The second-order valence-corrected chi connectivity index (χ2v) is 10.1. The summed E-state index contributed by atoms with van der Waals surface area (Å²) < 4.78 is 2.61. The van der Waals surface area contributed by atoms with Crippen LogP contribution in [-0.4, -0.2) is 4.57 Å². The Hall–Kier alpha value is -4.10. The summed E-state index contributed by atoms with van der Waals surface area (Å²) in [6, 6.07) is 34.4. The number of hydrogen-bond donors (Lipinski definition) is 0. The summed E-state index contributed by atoms with van der Waals surface area (Å²) in [5, 5.41) is 2.86. The predicted octanol–water partition coefficient (Wildman–Crippen LogP) is 7.83. The lowest BCUT2D eigenvalue weighted by Crippen LogP contribution is -2.10. The smallest absolute Gasteiger partial charge is 0.0579 e. The molecule has 0 amide bonds. The zero-order valence-electron chi connectivity index (χ0n) is 18.7. The van der Waals surface area contributed by atoms with Gasteiger partial charge in [-0.05, 0) is 69.0 Å². The third-order valence-electron chi connectivity index (χ3n) is 8.44. The van der Waals surface area contributed by atoms with Gasteiger partial charge in [-0.15, -0.1) is 0 Å². The molecular formula is C33H21N. The highest BCUT2D eigenvalue weighted by atomic mass is 15.0. The molecule has 6 aromatic rings. The molecule has 3 aliphatic rings. The SMILES string of the molecule is c1ccc2c(c1)Cc1c-2ccc2c1c1cccc3c1n2-c1c(ccc2c1-c1ccccc1C2)C3. The number of para-hydroxylation sites is 1. The van der Waals surface area contributed by atoms with Crippen molar-refractivity contribution in [2.24, 2.45) is 0 Å². The van der Waals surface area contributed by atoms with Gasteiger partial charge < -0.3 is 4.57 Å². The van der Waals surface area contributed by atoms with Crippen LogP contribution in [0.4, 0.5) is 0 Å². The van der Waals surface area contributed by atoms with E-state index in [1.807, 2.05) is 0 Å². The van der Waals surface area contributed by atoms with Crippen molar-refractivity contribution in [2.45, 2.75) is 19.3 Å². The highest BCUT2D eigenvalue weighted by Gasteiger charge is 2.31. The molecule has 2 aliphatic carbocycles. The van der Waals surface area contributed by atoms with Crippen LogP contribution in [0.5, 0.6) is 0 Å². The Morgan fingerprint density at radius 2 is 1.24 bits per heavy atom. The van der Waals surface area contributed by atoms with Crippen LogP contribution in [0.1, 0.15) is 33.4 Å². The highest BCUT2D eigenvalue weighted by Crippen LogP contribution is 2.50. The molecule has 5 aromatic carbocycles. The fraction of sp³-hybridized carbons (Fsp3) is 0.0909. The molecule has 0 saturated heterocycles. The number of fused-ring (bicyclic) bond motifs is 13. The summed E-state index contributed by atoms with van der Waals surface area (Å²) >= 11 is 0. The van der Waals surface area contributed by atoms with Gasteiger partial charge in [-0.1, -0.05) is 84.9 Å². The van der Waals surface area contributed by atoms with Gasteiger partial charge in [0.05, 0.1) is 16.7 Å². The molecule has 0 unspecified atom stereocenters. The molecule has 1 aromatic heterocycles. The summed E-state index contributed by atoms with van der Waals surface area (Å²) in [6.45, 7) is 0. The molecule has 0 radical (unpaired) electrons. The molecule has 0 fully saturated rings. The van der Waals surface area contributed by atoms with E-state index in [1.165, 1.54) is 83.1 Å². The van der Waals surface area contributed by atoms with E-state index in [1.54, 1.807) is 0 Å². The van der Waals surface area contributed by atoms with Crippen LogP contribution in [0, 0.1) is 0 Å². The normalized spacial score (nSPS) is 14.1. The fourth-order valence-corrected chi connectivity index (χ4v) is 7.09.